The van der Waals surface area contributed by atoms with Crippen LogP contribution < -0.4 is 5.56 Å². The number of benzene rings is 1. The average Bonchev–Trinajstić information content (AvgIpc) is 2.77. The summed E-state index contributed by atoms with van der Waals surface area (Å²) in [5.41, 5.74) is 1.73. The van der Waals surface area contributed by atoms with Gasteiger partial charge in [-0.1, -0.05) is 56.0 Å². The van der Waals surface area contributed by atoms with Gasteiger partial charge in [-0.3, -0.25) is 14.2 Å². The van der Waals surface area contributed by atoms with Crippen LogP contribution in [0.2, 0.25) is 0 Å². The highest BCUT2D eigenvalue weighted by atomic mass is 16.3. The second-order valence-corrected chi connectivity index (χ2v) is 8.91. The van der Waals surface area contributed by atoms with E-state index in [0.717, 1.165) is 41.4 Å². The minimum absolute atomic E-state index is 0.0649. The SMILES string of the molecule is CCCCC1CCC(C(=O)c2c(C)c(C#N)c(=O)n(Cc3ccc(C)cc3)c2O)CC1. The first-order valence-electron chi connectivity index (χ1n) is 11.3. The Morgan fingerprint density at radius 3 is 2.39 bits per heavy atom. The van der Waals surface area contributed by atoms with Gasteiger partial charge >= 0.3 is 0 Å². The fourth-order valence-corrected chi connectivity index (χ4v) is 4.68. The maximum absolute atomic E-state index is 13.4. The first-order chi connectivity index (χ1) is 14.9. The van der Waals surface area contributed by atoms with E-state index in [4.69, 9.17) is 0 Å². The number of rotatable bonds is 7. The summed E-state index contributed by atoms with van der Waals surface area (Å²) in [6.45, 7) is 5.87. The lowest BCUT2D eigenvalue weighted by Gasteiger charge is -2.28. The molecule has 3 rings (SSSR count). The lowest BCUT2D eigenvalue weighted by atomic mass is 9.76. The number of aromatic nitrogens is 1. The van der Waals surface area contributed by atoms with Gasteiger partial charge < -0.3 is 5.11 Å². The first kappa shape index (κ1) is 22.8. The second kappa shape index (κ2) is 9.96. The zero-order valence-corrected chi connectivity index (χ0v) is 18.8. The first-order valence-corrected chi connectivity index (χ1v) is 11.3. The van der Waals surface area contributed by atoms with Crippen molar-refractivity contribution in [3.05, 3.63) is 62.4 Å². The van der Waals surface area contributed by atoms with Gasteiger partial charge in [0.1, 0.15) is 11.6 Å². The van der Waals surface area contributed by atoms with Crippen LogP contribution in [0.15, 0.2) is 29.1 Å². The Labute approximate surface area is 184 Å². The van der Waals surface area contributed by atoms with E-state index in [-0.39, 0.29) is 35.3 Å². The smallest absolute Gasteiger partial charge is 0.271 e. The van der Waals surface area contributed by atoms with Crippen molar-refractivity contribution < 1.29 is 9.90 Å². The van der Waals surface area contributed by atoms with Crippen LogP contribution in [0.25, 0.3) is 0 Å². The third-order valence-electron chi connectivity index (χ3n) is 6.69. The van der Waals surface area contributed by atoms with Crippen LogP contribution in [0.1, 0.15) is 84.5 Å². The Bertz CT molecular complexity index is 1040. The fraction of sp³-hybridized carbons (Fsp3) is 0.500. The highest BCUT2D eigenvalue weighted by Gasteiger charge is 2.32. The van der Waals surface area contributed by atoms with Crippen LogP contribution in [0.4, 0.5) is 0 Å². The zero-order valence-electron chi connectivity index (χ0n) is 18.8. The number of nitriles is 1. The lowest BCUT2D eigenvalue weighted by Crippen LogP contribution is -2.29. The molecule has 1 aromatic carbocycles. The van der Waals surface area contributed by atoms with Crippen molar-refractivity contribution in [3.63, 3.8) is 0 Å². The summed E-state index contributed by atoms with van der Waals surface area (Å²) in [5.74, 6) is 0.0430. The third-order valence-corrected chi connectivity index (χ3v) is 6.69. The van der Waals surface area contributed by atoms with E-state index in [9.17, 15) is 20.0 Å². The van der Waals surface area contributed by atoms with Gasteiger partial charge in [-0.25, -0.2) is 0 Å². The molecule has 0 saturated heterocycles. The van der Waals surface area contributed by atoms with E-state index in [1.165, 1.54) is 19.3 Å². The summed E-state index contributed by atoms with van der Waals surface area (Å²) in [4.78, 5) is 26.3. The van der Waals surface area contributed by atoms with Gasteiger partial charge in [0.2, 0.25) is 5.88 Å². The molecular formula is C26H32N2O3. The molecule has 1 fully saturated rings. The normalized spacial score (nSPS) is 18.5. The van der Waals surface area contributed by atoms with Crippen LogP contribution >= 0.6 is 0 Å². The number of aromatic hydroxyl groups is 1. The number of aryl methyl sites for hydroxylation is 1. The molecule has 0 unspecified atom stereocenters. The molecule has 1 heterocycles. The molecule has 31 heavy (non-hydrogen) atoms. The highest BCUT2D eigenvalue weighted by molar-refractivity contribution is 6.01. The molecule has 0 atom stereocenters. The van der Waals surface area contributed by atoms with Crippen molar-refractivity contribution in [1.29, 1.82) is 5.26 Å². The Hall–Kier alpha value is -2.87. The maximum atomic E-state index is 13.4. The molecule has 0 bridgehead atoms. The Morgan fingerprint density at radius 1 is 1.16 bits per heavy atom. The molecule has 1 aromatic heterocycles. The third kappa shape index (κ3) is 4.90. The second-order valence-electron chi connectivity index (χ2n) is 8.91. The predicted molar refractivity (Wildman–Crippen MR) is 121 cm³/mol. The fourth-order valence-electron chi connectivity index (χ4n) is 4.68. The number of unbranched alkanes of at least 4 members (excludes halogenated alkanes) is 1. The number of Topliss-reactive ketones (excluding diaryl/α,β-unsaturated/α-hetero) is 1. The number of hydrogen-bond acceptors (Lipinski definition) is 4. The summed E-state index contributed by atoms with van der Waals surface area (Å²) >= 11 is 0. The van der Waals surface area contributed by atoms with Crippen molar-refractivity contribution in [2.75, 3.05) is 0 Å². The predicted octanol–water partition coefficient (Wildman–Crippen LogP) is 5.27. The van der Waals surface area contributed by atoms with Crippen molar-refractivity contribution >= 4 is 5.78 Å². The summed E-state index contributed by atoms with van der Waals surface area (Å²) < 4.78 is 1.16. The largest absolute Gasteiger partial charge is 0.494 e. The van der Waals surface area contributed by atoms with Crippen LogP contribution in [0, 0.1) is 37.0 Å². The van der Waals surface area contributed by atoms with Gasteiger partial charge in [-0.05, 0) is 56.6 Å². The quantitative estimate of drug-likeness (QED) is 0.619. The minimum atomic E-state index is -0.558. The molecule has 0 spiro atoms. The number of ketones is 1. The zero-order chi connectivity index (χ0) is 22.5. The van der Waals surface area contributed by atoms with E-state index in [1.54, 1.807) is 6.92 Å². The number of carbonyl (C=O) groups excluding carboxylic acids is 1. The van der Waals surface area contributed by atoms with Gasteiger partial charge in [0.25, 0.3) is 5.56 Å². The van der Waals surface area contributed by atoms with Crippen molar-refractivity contribution in [2.45, 2.75) is 72.3 Å². The lowest BCUT2D eigenvalue weighted by molar-refractivity contribution is 0.0864. The molecule has 1 aliphatic carbocycles. The van der Waals surface area contributed by atoms with Crippen LogP contribution in [-0.4, -0.2) is 15.5 Å². The van der Waals surface area contributed by atoms with Crippen LogP contribution in [0.5, 0.6) is 5.88 Å². The molecule has 5 nitrogen and oxygen atoms in total. The Kier molecular flexibility index (Phi) is 7.33. The summed E-state index contributed by atoms with van der Waals surface area (Å²) in [7, 11) is 0. The molecule has 5 heteroatoms. The van der Waals surface area contributed by atoms with Crippen molar-refractivity contribution in [2.24, 2.45) is 11.8 Å². The maximum Gasteiger partial charge on any atom is 0.271 e. The molecule has 1 N–H and O–H groups in total. The monoisotopic (exact) mass is 420 g/mol. The van der Waals surface area contributed by atoms with E-state index >= 15 is 0 Å². The molecule has 0 aliphatic heterocycles. The van der Waals surface area contributed by atoms with E-state index < -0.39 is 5.56 Å². The van der Waals surface area contributed by atoms with Crippen LogP contribution in [0.3, 0.4) is 0 Å². The summed E-state index contributed by atoms with van der Waals surface area (Å²) in [6.07, 6.45) is 7.25. The van der Waals surface area contributed by atoms with Crippen molar-refractivity contribution in [1.82, 2.24) is 4.57 Å². The number of nitrogens with zero attached hydrogens (tertiary/aromatic N) is 2. The van der Waals surface area contributed by atoms with Crippen molar-refractivity contribution in [3.8, 4) is 11.9 Å². The molecule has 1 saturated carbocycles. The Balaban J connectivity index is 1.93. The minimum Gasteiger partial charge on any atom is -0.494 e. The molecule has 0 amide bonds. The molecule has 164 valence electrons. The average molecular weight is 421 g/mol. The van der Waals surface area contributed by atoms with E-state index in [0.29, 0.717) is 11.5 Å². The number of pyridine rings is 1. The van der Waals surface area contributed by atoms with Crippen LogP contribution in [-0.2, 0) is 6.54 Å². The highest BCUT2D eigenvalue weighted by Crippen LogP contribution is 2.36. The van der Waals surface area contributed by atoms with Gasteiger partial charge in [-0.2, -0.15) is 5.26 Å². The van der Waals surface area contributed by atoms with E-state index in [1.807, 2.05) is 37.3 Å². The van der Waals surface area contributed by atoms with Gasteiger partial charge in [-0.15, -0.1) is 0 Å². The molecule has 1 aliphatic rings. The molecular weight excluding hydrogens is 388 g/mol. The summed E-state index contributed by atoms with van der Waals surface area (Å²) in [6, 6.07) is 9.58. The summed E-state index contributed by atoms with van der Waals surface area (Å²) in [5, 5.41) is 20.6. The topological polar surface area (TPSA) is 83.1 Å². The van der Waals surface area contributed by atoms with E-state index in [2.05, 4.69) is 6.92 Å². The molecule has 2 aromatic rings. The Morgan fingerprint density at radius 2 is 1.81 bits per heavy atom. The number of carbonyl (C=O) groups is 1. The van der Waals surface area contributed by atoms with Gasteiger partial charge in [0, 0.05) is 5.92 Å². The number of hydrogen-bond donors (Lipinski definition) is 1. The van der Waals surface area contributed by atoms with Gasteiger partial charge in [0.15, 0.2) is 5.78 Å². The molecule has 0 radical (unpaired) electrons. The standard InChI is InChI=1S/C26H32N2O3/c1-4-5-6-19-11-13-21(14-12-19)24(29)23-18(3)22(15-27)25(30)28(26(23)31)16-20-9-7-17(2)8-10-20/h7-10,19,21,31H,4-6,11-14,16H2,1-3H3. The van der Waals surface area contributed by atoms with Gasteiger partial charge in [0.05, 0.1) is 12.1 Å².